The van der Waals surface area contributed by atoms with Crippen LogP contribution in [0.4, 0.5) is 11.7 Å². The van der Waals surface area contributed by atoms with Crippen molar-refractivity contribution < 1.29 is 4.42 Å². The van der Waals surface area contributed by atoms with Crippen LogP contribution in [0.5, 0.6) is 0 Å². The largest absolute Gasteiger partial charge is 0.408 e. The molecule has 0 spiro atoms. The average molecular weight is 317 g/mol. The standard InChI is InChI=1S/C11H11BrClN3O/c1-7-2-3-8(12)6-9(7)14-11-16-15-10(17-11)4-5-13/h2-3,6H,4-5H2,1H3,(H,14,16). The number of nitrogens with one attached hydrogen (secondary N) is 1. The highest BCUT2D eigenvalue weighted by molar-refractivity contribution is 9.10. The minimum Gasteiger partial charge on any atom is -0.408 e. The summed E-state index contributed by atoms with van der Waals surface area (Å²) >= 11 is 9.01. The molecule has 6 heteroatoms. The van der Waals surface area contributed by atoms with Gasteiger partial charge in [0.25, 0.3) is 0 Å². The molecular formula is C11H11BrClN3O. The maximum Gasteiger partial charge on any atom is 0.320 e. The van der Waals surface area contributed by atoms with E-state index in [-0.39, 0.29) is 0 Å². The summed E-state index contributed by atoms with van der Waals surface area (Å²) in [4.78, 5) is 0. The number of rotatable bonds is 4. The van der Waals surface area contributed by atoms with E-state index in [1.54, 1.807) is 0 Å². The molecule has 0 bridgehead atoms. The Hall–Kier alpha value is -1.07. The third kappa shape index (κ3) is 3.20. The average Bonchev–Trinajstić information content (AvgIpc) is 2.72. The Balaban J connectivity index is 2.16. The summed E-state index contributed by atoms with van der Waals surface area (Å²) in [7, 11) is 0. The fourth-order valence-corrected chi connectivity index (χ4v) is 1.85. The molecule has 2 rings (SSSR count). The molecule has 0 radical (unpaired) electrons. The molecule has 1 N–H and O–H groups in total. The lowest BCUT2D eigenvalue weighted by atomic mass is 10.2. The quantitative estimate of drug-likeness (QED) is 0.875. The Labute approximate surface area is 113 Å². The molecule has 2 aromatic rings. The third-order valence-electron chi connectivity index (χ3n) is 2.22. The van der Waals surface area contributed by atoms with Gasteiger partial charge in [-0.25, -0.2) is 0 Å². The number of alkyl halides is 1. The number of aromatic nitrogens is 2. The Bertz CT molecular complexity index is 515. The van der Waals surface area contributed by atoms with Gasteiger partial charge in [-0.2, -0.15) is 0 Å². The van der Waals surface area contributed by atoms with E-state index < -0.39 is 0 Å². The van der Waals surface area contributed by atoms with Crippen LogP contribution in [0.3, 0.4) is 0 Å². The van der Waals surface area contributed by atoms with Crippen LogP contribution < -0.4 is 5.32 Å². The monoisotopic (exact) mass is 315 g/mol. The van der Waals surface area contributed by atoms with Crippen LogP contribution in [0.1, 0.15) is 11.5 Å². The first-order valence-electron chi connectivity index (χ1n) is 5.10. The number of nitrogens with zero attached hydrogens (tertiary/aromatic N) is 2. The highest BCUT2D eigenvalue weighted by Gasteiger charge is 2.07. The summed E-state index contributed by atoms with van der Waals surface area (Å²) in [6, 6.07) is 6.32. The first-order valence-corrected chi connectivity index (χ1v) is 6.43. The molecule has 0 aliphatic carbocycles. The van der Waals surface area contributed by atoms with Gasteiger partial charge in [0.05, 0.1) is 0 Å². The van der Waals surface area contributed by atoms with Crippen molar-refractivity contribution in [1.29, 1.82) is 0 Å². The second kappa shape index (κ2) is 5.51. The van der Waals surface area contributed by atoms with Gasteiger partial charge >= 0.3 is 6.01 Å². The number of anilines is 2. The van der Waals surface area contributed by atoms with E-state index in [4.69, 9.17) is 16.0 Å². The van der Waals surface area contributed by atoms with E-state index in [0.717, 1.165) is 15.7 Å². The first-order chi connectivity index (χ1) is 8.19. The highest BCUT2D eigenvalue weighted by atomic mass is 79.9. The van der Waals surface area contributed by atoms with Gasteiger partial charge in [-0.05, 0) is 24.6 Å². The molecular weight excluding hydrogens is 305 g/mol. The van der Waals surface area contributed by atoms with Crippen LogP contribution in [-0.2, 0) is 6.42 Å². The first kappa shape index (κ1) is 12.4. The number of halogens is 2. The molecule has 17 heavy (non-hydrogen) atoms. The van der Waals surface area contributed by atoms with Gasteiger partial charge in [-0.15, -0.1) is 16.7 Å². The smallest absolute Gasteiger partial charge is 0.320 e. The molecule has 0 aliphatic rings. The van der Waals surface area contributed by atoms with Crippen molar-refractivity contribution in [2.24, 2.45) is 0 Å². The summed E-state index contributed by atoms with van der Waals surface area (Å²) in [5, 5.41) is 10.9. The maximum absolute atomic E-state index is 5.60. The van der Waals surface area contributed by atoms with E-state index in [2.05, 4.69) is 31.4 Å². The molecule has 90 valence electrons. The zero-order chi connectivity index (χ0) is 12.3. The maximum atomic E-state index is 5.60. The van der Waals surface area contributed by atoms with Crippen LogP contribution in [0.25, 0.3) is 0 Å². The zero-order valence-corrected chi connectivity index (χ0v) is 11.5. The van der Waals surface area contributed by atoms with Crippen LogP contribution in [0, 0.1) is 6.92 Å². The lowest BCUT2D eigenvalue weighted by molar-refractivity contribution is 0.516. The summed E-state index contributed by atoms with van der Waals surface area (Å²) in [6.07, 6.45) is 0.577. The molecule has 4 nitrogen and oxygen atoms in total. The molecule has 1 aromatic carbocycles. The second-order valence-electron chi connectivity index (χ2n) is 3.52. The third-order valence-corrected chi connectivity index (χ3v) is 2.90. The molecule has 1 heterocycles. The van der Waals surface area contributed by atoms with Crippen LogP contribution in [0.15, 0.2) is 27.1 Å². The molecule has 1 aromatic heterocycles. The molecule has 0 amide bonds. The van der Waals surface area contributed by atoms with Gasteiger partial charge in [0.1, 0.15) is 0 Å². The lowest BCUT2D eigenvalue weighted by Crippen LogP contribution is -1.93. The van der Waals surface area contributed by atoms with E-state index >= 15 is 0 Å². The number of aryl methyl sites for hydroxylation is 2. The Morgan fingerprint density at radius 3 is 3.00 bits per heavy atom. The van der Waals surface area contributed by atoms with E-state index in [1.165, 1.54) is 0 Å². The number of hydrogen-bond donors (Lipinski definition) is 1. The topological polar surface area (TPSA) is 51.0 Å². The molecule has 0 saturated carbocycles. The second-order valence-corrected chi connectivity index (χ2v) is 4.82. The fourth-order valence-electron chi connectivity index (χ4n) is 1.33. The van der Waals surface area contributed by atoms with Gasteiger partial charge in [0.15, 0.2) is 0 Å². The van der Waals surface area contributed by atoms with Crippen molar-refractivity contribution in [3.05, 3.63) is 34.1 Å². The predicted octanol–water partition coefficient (Wildman–Crippen LogP) is 3.67. The van der Waals surface area contributed by atoms with E-state index in [0.29, 0.717) is 24.2 Å². The van der Waals surface area contributed by atoms with E-state index in [1.807, 2.05) is 25.1 Å². The van der Waals surface area contributed by atoms with Crippen LogP contribution in [0.2, 0.25) is 0 Å². The SMILES string of the molecule is Cc1ccc(Br)cc1Nc1nnc(CCCl)o1. The van der Waals surface area contributed by atoms with Gasteiger partial charge in [0.2, 0.25) is 5.89 Å². The summed E-state index contributed by atoms with van der Waals surface area (Å²) < 4.78 is 6.38. The number of benzene rings is 1. The van der Waals surface area contributed by atoms with E-state index in [9.17, 15) is 0 Å². The Kier molecular flexibility index (Phi) is 4.02. The summed E-state index contributed by atoms with van der Waals surface area (Å²) in [5.41, 5.74) is 2.03. The van der Waals surface area contributed by atoms with Crippen molar-refractivity contribution in [2.45, 2.75) is 13.3 Å². The summed E-state index contributed by atoms with van der Waals surface area (Å²) in [6.45, 7) is 2.00. The normalized spacial score (nSPS) is 10.5. The van der Waals surface area contributed by atoms with Crippen LogP contribution >= 0.6 is 27.5 Å². The van der Waals surface area contributed by atoms with Crippen molar-refractivity contribution >= 4 is 39.2 Å². The highest BCUT2D eigenvalue weighted by Crippen LogP contribution is 2.23. The number of hydrogen-bond acceptors (Lipinski definition) is 4. The van der Waals surface area contributed by atoms with Crippen molar-refractivity contribution in [3.63, 3.8) is 0 Å². The Morgan fingerprint density at radius 2 is 2.24 bits per heavy atom. The fraction of sp³-hybridized carbons (Fsp3) is 0.273. The van der Waals surface area contributed by atoms with Gasteiger partial charge in [-0.3, -0.25) is 0 Å². The van der Waals surface area contributed by atoms with Crippen LogP contribution in [-0.4, -0.2) is 16.1 Å². The van der Waals surface area contributed by atoms with Gasteiger partial charge in [-0.1, -0.05) is 27.1 Å². The van der Waals surface area contributed by atoms with Gasteiger partial charge in [0, 0.05) is 22.5 Å². The molecule has 0 aliphatic heterocycles. The summed E-state index contributed by atoms with van der Waals surface area (Å²) in [5.74, 6) is 1.01. The lowest BCUT2D eigenvalue weighted by Gasteiger charge is -2.05. The zero-order valence-electron chi connectivity index (χ0n) is 9.20. The predicted molar refractivity (Wildman–Crippen MR) is 70.9 cm³/mol. The van der Waals surface area contributed by atoms with Crippen molar-refractivity contribution in [3.8, 4) is 0 Å². The molecule has 0 unspecified atom stereocenters. The molecule has 0 atom stereocenters. The van der Waals surface area contributed by atoms with Crippen molar-refractivity contribution in [1.82, 2.24) is 10.2 Å². The van der Waals surface area contributed by atoms with Crippen molar-refractivity contribution in [2.75, 3.05) is 11.2 Å². The van der Waals surface area contributed by atoms with Gasteiger partial charge < -0.3 is 9.73 Å². The Morgan fingerprint density at radius 1 is 1.41 bits per heavy atom. The minimum absolute atomic E-state index is 0.381. The molecule has 0 fully saturated rings. The minimum atomic E-state index is 0.381. The molecule has 0 saturated heterocycles.